The van der Waals surface area contributed by atoms with Crippen molar-refractivity contribution in [3.05, 3.63) is 243 Å². The molecule has 12 rings (SSSR count). The molecule has 0 unspecified atom stereocenters. The van der Waals surface area contributed by atoms with Gasteiger partial charge in [0.2, 0.25) is 0 Å². The number of benzene rings is 10. The quantitative estimate of drug-likeness (QED) is 0.153. The Morgan fingerprint density at radius 2 is 0.778 bits per heavy atom. The van der Waals surface area contributed by atoms with Crippen molar-refractivity contribution in [2.45, 2.75) is 0 Å². The van der Waals surface area contributed by atoms with Crippen molar-refractivity contribution in [3.8, 4) is 50.2 Å². The van der Waals surface area contributed by atoms with Gasteiger partial charge in [-0.05, 0) is 81.4 Å². The Morgan fingerprint density at radius 1 is 0.333 bits per heavy atom. The molecule has 0 spiro atoms. The Hall–Kier alpha value is -8.40. The second-order valence-electron chi connectivity index (χ2n) is 16.1. The summed E-state index contributed by atoms with van der Waals surface area (Å²) in [6, 6.07) is 87.0. The van der Waals surface area contributed by atoms with Crippen molar-refractivity contribution in [1.29, 1.82) is 0 Å². The van der Waals surface area contributed by atoms with E-state index in [1.165, 1.54) is 33.4 Å². The van der Waals surface area contributed by atoms with E-state index in [4.69, 9.17) is 4.42 Å². The molecule has 12 aromatic rings. The first-order valence-electron chi connectivity index (χ1n) is 21.5. The molecular formula is C60H40N2O. The molecule has 0 atom stereocenters. The highest BCUT2D eigenvalue weighted by Gasteiger charge is 2.28. The molecule has 10 aromatic carbocycles. The van der Waals surface area contributed by atoms with Crippen molar-refractivity contribution < 1.29 is 4.42 Å². The van der Waals surface area contributed by atoms with Gasteiger partial charge in [0.15, 0.2) is 0 Å². The van der Waals surface area contributed by atoms with E-state index in [9.17, 15) is 0 Å². The third-order valence-corrected chi connectivity index (χ3v) is 12.4. The van der Waals surface area contributed by atoms with Crippen molar-refractivity contribution >= 4 is 60.8 Å². The topological polar surface area (TPSA) is 21.3 Å². The van der Waals surface area contributed by atoms with Gasteiger partial charge in [-0.25, -0.2) is 0 Å². The Balaban J connectivity index is 1.20. The molecule has 0 saturated carbocycles. The minimum atomic E-state index is 0.830. The smallest absolute Gasteiger partial charge is 0.139 e. The Morgan fingerprint density at radius 3 is 1.32 bits per heavy atom. The molecule has 0 radical (unpaired) electrons. The van der Waals surface area contributed by atoms with Crippen LogP contribution >= 0.6 is 0 Å². The fourth-order valence-corrected chi connectivity index (χ4v) is 9.45. The molecular weight excluding hydrogens is 765 g/mol. The zero-order chi connectivity index (χ0) is 41.7. The van der Waals surface area contributed by atoms with Crippen molar-refractivity contribution in [3.63, 3.8) is 0 Å². The van der Waals surface area contributed by atoms with Gasteiger partial charge in [-0.1, -0.05) is 194 Å². The van der Waals surface area contributed by atoms with Gasteiger partial charge in [0, 0.05) is 44.9 Å². The summed E-state index contributed by atoms with van der Waals surface area (Å²) < 4.78 is 9.37. The van der Waals surface area contributed by atoms with Crippen LogP contribution in [0.4, 0.5) is 17.1 Å². The van der Waals surface area contributed by atoms with E-state index in [2.05, 4.69) is 252 Å². The van der Waals surface area contributed by atoms with Crippen LogP contribution in [0.1, 0.15) is 0 Å². The number of hydrogen-bond donors (Lipinski definition) is 0. The molecule has 0 fully saturated rings. The van der Waals surface area contributed by atoms with E-state index in [-0.39, 0.29) is 0 Å². The minimum absolute atomic E-state index is 0.830. The zero-order valence-electron chi connectivity index (χ0n) is 34.4. The summed E-state index contributed by atoms with van der Waals surface area (Å²) in [4.78, 5) is 2.45. The van der Waals surface area contributed by atoms with E-state index < -0.39 is 0 Å². The average molecular weight is 805 g/mol. The van der Waals surface area contributed by atoms with Crippen LogP contribution in [0.2, 0.25) is 0 Å². The van der Waals surface area contributed by atoms with Crippen LogP contribution < -0.4 is 4.90 Å². The van der Waals surface area contributed by atoms with Crippen LogP contribution in [0.3, 0.4) is 0 Å². The SMILES string of the molecule is c1ccc(-c2ccc(N(c3ccc(-c4ccccc4)cc3)c3c4c(cc5c3c3cccc(-c6ccccc6)c3n5-c3ccc(-c5ccccc5)cc3)oc3ccccc34)cc2)cc1. The largest absolute Gasteiger partial charge is 0.456 e. The fraction of sp³-hybridized carbons (Fsp3) is 0. The number of rotatable bonds is 8. The number of anilines is 3. The molecule has 0 aliphatic rings. The molecule has 0 aliphatic carbocycles. The summed E-state index contributed by atoms with van der Waals surface area (Å²) in [5.41, 5.74) is 17.5. The fourth-order valence-electron chi connectivity index (χ4n) is 9.45. The predicted molar refractivity (Wildman–Crippen MR) is 264 cm³/mol. The van der Waals surface area contributed by atoms with Crippen molar-refractivity contribution in [2.75, 3.05) is 4.90 Å². The van der Waals surface area contributed by atoms with E-state index in [1.54, 1.807) is 0 Å². The highest BCUT2D eigenvalue weighted by atomic mass is 16.3. The first-order valence-corrected chi connectivity index (χ1v) is 21.5. The lowest BCUT2D eigenvalue weighted by atomic mass is 9.98. The van der Waals surface area contributed by atoms with Gasteiger partial charge in [-0.2, -0.15) is 0 Å². The molecule has 2 heterocycles. The highest BCUT2D eigenvalue weighted by Crippen LogP contribution is 2.52. The van der Waals surface area contributed by atoms with Crippen LogP contribution in [0.15, 0.2) is 247 Å². The maximum atomic E-state index is 6.92. The molecule has 0 aliphatic heterocycles. The summed E-state index contributed by atoms with van der Waals surface area (Å²) in [5, 5.41) is 4.45. The van der Waals surface area contributed by atoms with Gasteiger partial charge in [0.25, 0.3) is 0 Å². The molecule has 3 heteroatoms. The lowest BCUT2D eigenvalue weighted by molar-refractivity contribution is 0.669. The van der Waals surface area contributed by atoms with E-state index >= 15 is 0 Å². The zero-order valence-corrected chi connectivity index (χ0v) is 34.4. The van der Waals surface area contributed by atoms with Crippen molar-refractivity contribution in [1.82, 2.24) is 4.57 Å². The summed E-state index contributed by atoms with van der Waals surface area (Å²) >= 11 is 0. The van der Waals surface area contributed by atoms with Crippen molar-refractivity contribution in [2.24, 2.45) is 0 Å². The standard InChI is InChI=1S/C60H40N2O/c1-5-16-41(17-6-1)44-28-34-48(35-29-44)61(49-36-30-45(31-37-49)42-18-7-2-8-19-42)60-57-53-26-15-25-51(47-22-11-4-12-23-47)59(53)62(50-38-32-46(33-39-50)43-20-9-3-10-21-43)54(57)40-56-58(60)52-24-13-14-27-55(52)63-56/h1-40H. The van der Waals surface area contributed by atoms with Crippen LogP contribution in [0.25, 0.3) is 93.9 Å². The van der Waals surface area contributed by atoms with Gasteiger partial charge in [0.05, 0.1) is 22.1 Å². The third-order valence-electron chi connectivity index (χ3n) is 12.4. The van der Waals surface area contributed by atoms with E-state index in [1.807, 2.05) is 0 Å². The Bertz CT molecular complexity index is 3470. The van der Waals surface area contributed by atoms with Crippen LogP contribution in [-0.2, 0) is 0 Å². The van der Waals surface area contributed by atoms with Gasteiger partial charge in [-0.15, -0.1) is 0 Å². The number of furan rings is 1. The normalized spacial score (nSPS) is 11.5. The first kappa shape index (κ1) is 36.5. The van der Waals surface area contributed by atoms with Crippen LogP contribution in [-0.4, -0.2) is 4.57 Å². The predicted octanol–water partition coefficient (Wildman–Crippen LogP) is 16.8. The lowest BCUT2D eigenvalue weighted by Gasteiger charge is -2.28. The second-order valence-corrected chi connectivity index (χ2v) is 16.1. The summed E-state index contributed by atoms with van der Waals surface area (Å²) in [6.45, 7) is 0. The average Bonchev–Trinajstić information content (AvgIpc) is 3.91. The Labute approximate surface area is 366 Å². The van der Waals surface area contributed by atoms with Gasteiger partial charge < -0.3 is 13.9 Å². The summed E-state index contributed by atoms with van der Waals surface area (Å²) in [6.07, 6.45) is 0. The van der Waals surface area contributed by atoms with E-state index in [0.29, 0.717) is 0 Å². The monoisotopic (exact) mass is 804 g/mol. The van der Waals surface area contributed by atoms with E-state index in [0.717, 1.165) is 77.6 Å². The molecule has 0 saturated heterocycles. The van der Waals surface area contributed by atoms with Gasteiger partial charge in [0.1, 0.15) is 11.2 Å². The molecule has 63 heavy (non-hydrogen) atoms. The van der Waals surface area contributed by atoms with Gasteiger partial charge in [-0.3, -0.25) is 0 Å². The second kappa shape index (κ2) is 15.3. The Kier molecular flexibility index (Phi) is 8.83. The number of hydrogen-bond acceptors (Lipinski definition) is 2. The van der Waals surface area contributed by atoms with Crippen LogP contribution in [0.5, 0.6) is 0 Å². The third kappa shape index (κ3) is 6.29. The summed E-state index contributed by atoms with van der Waals surface area (Å²) in [7, 11) is 0. The highest BCUT2D eigenvalue weighted by molar-refractivity contribution is 6.29. The number of para-hydroxylation sites is 2. The number of nitrogens with zero attached hydrogens (tertiary/aromatic N) is 2. The molecule has 3 nitrogen and oxygen atoms in total. The van der Waals surface area contributed by atoms with Gasteiger partial charge >= 0.3 is 0 Å². The number of fused-ring (bicyclic) bond motifs is 6. The van der Waals surface area contributed by atoms with Crippen LogP contribution in [0, 0.1) is 0 Å². The lowest BCUT2D eigenvalue weighted by Crippen LogP contribution is -2.11. The molecule has 0 amide bonds. The molecule has 2 aromatic heterocycles. The maximum absolute atomic E-state index is 6.92. The molecule has 0 bridgehead atoms. The first-order chi connectivity index (χ1) is 31.3. The summed E-state index contributed by atoms with van der Waals surface area (Å²) in [5.74, 6) is 0. The number of aromatic nitrogens is 1. The molecule has 296 valence electrons. The molecule has 0 N–H and O–H groups in total. The maximum Gasteiger partial charge on any atom is 0.139 e. The minimum Gasteiger partial charge on any atom is -0.456 e.